The number of carbonyl (C=O) groups is 1. The van der Waals surface area contributed by atoms with E-state index in [9.17, 15) is 4.79 Å². The number of hydrogen-bond acceptors (Lipinski definition) is 3. The summed E-state index contributed by atoms with van der Waals surface area (Å²) in [5.74, 6) is 0. The smallest absolute Gasteiger partial charge is 0.410 e. The number of ether oxygens (including phenoxy) is 1. The number of halogens is 1. The van der Waals surface area contributed by atoms with Crippen LogP contribution in [-0.4, -0.2) is 36.2 Å². The lowest BCUT2D eigenvalue weighted by molar-refractivity contribution is 0.0686. The predicted octanol–water partition coefficient (Wildman–Crippen LogP) is 2.43. The fourth-order valence-corrected chi connectivity index (χ4v) is 2.08. The average molecular weight is 285 g/mol. The molecule has 2 atom stereocenters. The Labute approximate surface area is 120 Å². The number of hydrogen-bond donors (Lipinski definition) is 1. The molecule has 106 valence electrons. The van der Waals surface area contributed by atoms with Crippen molar-refractivity contribution in [2.24, 2.45) is 0 Å². The summed E-state index contributed by atoms with van der Waals surface area (Å²) in [4.78, 5) is 13.8. The minimum atomic E-state index is -0.222. The Bertz CT molecular complexity index is 400. The zero-order valence-electron chi connectivity index (χ0n) is 11.3. The second-order valence-electron chi connectivity index (χ2n) is 4.85. The maximum absolute atomic E-state index is 12.0. The van der Waals surface area contributed by atoms with Gasteiger partial charge in [-0.3, -0.25) is 0 Å². The van der Waals surface area contributed by atoms with Gasteiger partial charge in [0.1, 0.15) is 6.61 Å². The third kappa shape index (κ3) is 4.40. The molecule has 1 aliphatic rings. The monoisotopic (exact) mass is 284 g/mol. The zero-order valence-corrected chi connectivity index (χ0v) is 12.2. The highest BCUT2D eigenvalue weighted by atomic mass is 35.5. The lowest BCUT2D eigenvalue weighted by Crippen LogP contribution is -2.56. The van der Waals surface area contributed by atoms with E-state index < -0.39 is 0 Å². The van der Waals surface area contributed by atoms with E-state index in [0.29, 0.717) is 19.2 Å². The first-order valence-electron chi connectivity index (χ1n) is 6.37. The Morgan fingerprint density at radius 1 is 1.37 bits per heavy atom. The second-order valence-corrected chi connectivity index (χ2v) is 4.85. The van der Waals surface area contributed by atoms with Crippen molar-refractivity contribution in [3.8, 4) is 0 Å². The van der Waals surface area contributed by atoms with Crippen LogP contribution < -0.4 is 5.32 Å². The molecule has 1 N–H and O–H groups in total. The van der Waals surface area contributed by atoms with Crippen LogP contribution in [0.3, 0.4) is 0 Å². The van der Waals surface area contributed by atoms with Crippen LogP contribution in [0.2, 0.25) is 0 Å². The SMILES string of the molecule is C[C@@H]1CN[C@@H](C)CN1C(=O)OCc1ccccc1.Cl. The molecule has 19 heavy (non-hydrogen) atoms. The minimum Gasteiger partial charge on any atom is -0.445 e. The summed E-state index contributed by atoms with van der Waals surface area (Å²) in [6, 6.07) is 10.3. The Morgan fingerprint density at radius 3 is 2.74 bits per heavy atom. The largest absolute Gasteiger partial charge is 0.445 e. The van der Waals surface area contributed by atoms with Crippen LogP contribution in [0.4, 0.5) is 4.79 Å². The third-order valence-electron chi connectivity index (χ3n) is 3.20. The first-order chi connectivity index (χ1) is 8.66. The van der Waals surface area contributed by atoms with Crippen LogP contribution >= 0.6 is 12.4 Å². The molecular formula is C14H21ClN2O2. The molecule has 0 aromatic heterocycles. The van der Waals surface area contributed by atoms with Crippen molar-refractivity contribution in [2.45, 2.75) is 32.5 Å². The number of benzene rings is 1. The lowest BCUT2D eigenvalue weighted by atomic mass is 10.1. The van der Waals surface area contributed by atoms with Crippen molar-refractivity contribution in [2.75, 3.05) is 13.1 Å². The van der Waals surface area contributed by atoms with Gasteiger partial charge < -0.3 is 15.0 Å². The zero-order chi connectivity index (χ0) is 13.0. The summed E-state index contributed by atoms with van der Waals surface area (Å²) in [5.41, 5.74) is 1.02. The first kappa shape index (κ1) is 15.8. The van der Waals surface area contributed by atoms with E-state index in [4.69, 9.17) is 4.74 Å². The normalized spacial score (nSPS) is 22.5. The van der Waals surface area contributed by atoms with Gasteiger partial charge in [-0.05, 0) is 19.4 Å². The van der Waals surface area contributed by atoms with Crippen molar-refractivity contribution in [3.63, 3.8) is 0 Å². The van der Waals surface area contributed by atoms with E-state index in [1.165, 1.54) is 0 Å². The van der Waals surface area contributed by atoms with E-state index in [-0.39, 0.29) is 24.5 Å². The summed E-state index contributed by atoms with van der Waals surface area (Å²) >= 11 is 0. The number of piperazine rings is 1. The molecule has 5 heteroatoms. The van der Waals surface area contributed by atoms with Crippen molar-refractivity contribution >= 4 is 18.5 Å². The van der Waals surface area contributed by atoms with Crippen LogP contribution in [-0.2, 0) is 11.3 Å². The molecule has 0 saturated carbocycles. The molecule has 2 rings (SSSR count). The van der Waals surface area contributed by atoms with Gasteiger partial charge in [-0.2, -0.15) is 0 Å². The van der Waals surface area contributed by atoms with Gasteiger partial charge in [0.25, 0.3) is 0 Å². The van der Waals surface area contributed by atoms with Gasteiger partial charge in [-0.1, -0.05) is 30.3 Å². The van der Waals surface area contributed by atoms with Crippen LogP contribution in [0.15, 0.2) is 30.3 Å². The highest BCUT2D eigenvalue weighted by Crippen LogP contribution is 2.10. The molecule has 0 radical (unpaired) electrons. The molecule has 1 amide bonds. The summed E-state index contributed by atoms with van der Waals surface area (Å²) < 4.78 is 5.35. The lowest BCUT2D eigenvalue weighted by Gasteiger charge is -2.36. The molecule has 0 aliphatic carbocycles. The number of rotatable bonds is 2. The van der Waals surface area contributed by atoms with E-state index in [2.05, 4.69) is 12.2 Å². The molecule has 0 spiro atoms. The Morgan fingerprint density at radius 2 is 2.05 bits per heavy atom. The van der Waals surface area contributed by atoms with Crippen molar-refractivity contribution < 1.29 is 9.53 Å². The predicted molar refractivity (Wildman–Crippen MR) is 77.5 cm³/mol. The quantitative estimate of drug-likeness (QED) is 0.907. The maximum Gasteiger partial charge on any atom is 0.410 e. The van der Waals surface area contributed by atoms with Gasteiger partial charge in [0.05, 0.1) is 0 Å². The standard InChI is InChI=1S/C14H20N2O2.ClH/c1-11-9-16(12(2)8-15-11)14(17)18-10-13-6-4-3-5-7-13;/h3-7,11-12,15H,8-10H2,1-2H3;1H/t11-,12+;/m0./s1. The van der Waals surface area contributed by atoms with Crippen LogP contribution in [0.25, 0.3) is 0 Å². The molecule has 1 aromatic carbocycles. The Balaban J connectivity index is 0.00000180. The maximum atomic E-state index is 12.0. The molecule has 1 aromatic rings. The first-order valence-corrected chi connectivity index (χ1v) is 6.37. The van der Waals surface area contributed by atoms with Crippen molar-refractivity contribution in [3.05, 3.63) is 35.9 Å². The summed E-state index contributed by atoms with van der Waals surface area (Å²) in [6.45, 7) is 5.97. The van der Waals surface area contributed by atoms with E-state index in [1.54, 1.807) is 4.90 Å². The molecule has 0 unspecified atom stereocenters. The molecule has 1 saturated heterocycles. The molecule has 1 fully saturated rings. The van der Waals surface area contributed by atoms with Gasteiger partial charge >= 0.3 is 6.09 Å². The van der Waals surface area contributed by atoms with E-state index >= 15 is 0 Å². The number of nitrogens with one attached hydrogen (secondary N) is 1. The van der Waals surface area contributed by atoms with E-state index in [0.717, 1.165) is 12.1 Å². The number of carbonyl (C=O) groups excluding carboxylic acids is 1. The molecule has 1 aliphatic heterocycles. The fraction of sp³-hybridized carbons (Fsp3) is 0.500. The highest BCUT2D eigenvalue weighted by Gasteiger charge is 2.27. The van der Waals surface area contributed by atoms with Gasteiger partial charge in [-0.25, -0.2) is 4.79 Å². The molecule has 1 heterocycles. The average Bonchev–Trinajstić information content (AvgIpc) is 2.40. The van der Waals surface area contributed by atoms with Crippen molar-refractivity contribution in [1.29, 1.82) is 0 Å². The highest BCUT2D eigenvalue weighted by molar-refractivity contribution is 5.85. The Kier molecular flexibility index (Phi) is 6.12. The molecule has 0 bridgehead atoms. The Hall–Kier alpha value is -1.26. The van der Waals surface area contributed by atoms with Crippen LogP contribution in [0.5, 0.6) is 0 Å². The summed E-state index contributed by atoms with van der Waals surface area (Å²) in [6.07, 6.45) is -0.222. The second kappa shape index (κ2) is 7.36. The van der Waals surface area contributed by atoms with Gasteiger partial charge in [0.15, 0.2) is 0 Å². The number of nitrogens with zero attached hydrogens (tertiary/aromatic N) is 1. The van der Waals surface area contributed by atoms with Crippen LogP contribution in [0, 0.1) is 0 Å². The summed E-state index contributed by atoms with van der Waals surface area (Å²) in [5, 5.41) is 3.34. The minimum absolute atomic E-state index is 0. The molecule has 4 nitrogen and oxygen atoms in total. The topological polar surface area (TPSA) is 41.6 Å². The van der Waals surface area contributed by atoms with Crippen molar-refractivity contribution in [1.82, 2.24) is 10.2 Å². The molecular weight excluding hydrogens is 264 g/mol. The van der Waals surface area contributed by atoms with Gasteiger partial charge in [-0.15, -0.1) is 12.4 Å². The number of amides is 1. The van der Waals surface area contributed by atoms with Crippen LogP contribution in [0.1, 0.15) is 19.4 Å². The fourth-order valence-electron chi connectivity index (χ4n) is 2.08. The van der Waals surface area contributed by atoms with Gasteiger partial charge in [0, 0.05) is 25.2 Å². The van der Waals surface area contributed by atoms with Gasteiger partial charge in [0.2, 0.25) is 0 Å². The third-order valence-corrected chi connectivity index (χ3v) is 3.20. The summed E-state index contributed by atoms with van der Waals surface area (Å²) in [7, 11) is 0. The van der Waals surface area contributed by atoms with E-state index in [1.807, 2.05) is 37.3 Å².